The van der Waals surface area contributed by atoms with Crippen molar-refractivity contribution in [3.8, 4) is 0 Å². The molecule has 15 aliphatic heterocycles. The molecule has 0 aromatic heterocycles. The molecule has 0 aromatic rings. The van der Waals surface area contributed by atoms with Gasteiger partial charge in [0.25, 0.3) is 0 Å². The highest BCUT2D eigenvalue weighted by molar-refractivity contribution is 5.02. The summed E-state index contributed by atoms with van der Waals surface area (Å²) in [6.07, 6.45) is -72.4. The van der Waals surface area contributed by atoms with Gasteiger partial charge in [0.15, 0.2) is 44.0 Å². The van der Waals surface area contributed by atoms with Crippen molar-refractivity contribution in [1.82, 2.24) is 0 Å². The van der Waals surface area contributed by atoms with Crippen molar-refractivity contribution >= 4 is 0 Å². The summed E-state index contributed by atoms with van der Waals surface area (Å²) in [4.78, 5) is 0. The summed E-state index contributed by atoms with van der Waals surface area (Å²) in [7, 11) is 0. The van der Waals surface area contributed by atoms with Crippen LogP contribution in [0.25, 0.3) is 0 Å². The first-order valence-corrected chi connectivity index (χ1v) is 29.1. The van der Waals surface area contributed by atoms with Crippen molar-refractivity contribution in [3.63, 3.8) is 0 Å². The van der Waals surface area contributed by atoms with Gasteiger partial charge in [-0.05, 0) is 20.8 Å². The quantitative estimate of drug-likeness (QED) is 0.0682. The summed E-state index contributed by atoms with van der Waals surface area (Å²) in [6, 6.07) is 0. The minimum atomic E-state index is -2.23. The van der Waals surface area contributed by atoms with Gasteiger partial charge in [-0.15, -0.1) is 0 Å². The molecule has 0 saturated carbocycles. The van der Waals surface area contributed by atoms with Crippen molar-refractivity contribution < 1.29 is 188 Å². The van der Waals surface area contributed by atoms with Gasteiger partial charge in [0.05, 0.1) is 84.4 Å². The highest BCUT2D eigenvalue weighted by Crippen LogP contribution is 2.40. The Balaban J connectivity index is 1.15. The first-order valence-electron chi connectivity index (χ1n) is 29.1. The van der Waals surface area contributed by atoms with Crippen LogP contribution in [0.5, 0.6) is 0 Å². The molecule has 0 aliphatic carbocycles. The monoisotopic (exact) mass is 1310 g/mol. The minimum absolute atomic E-state index is 0.573. The van der Waals surface area contributed by atoms with Crippen LogP contribution < -0.4 is 0 Å². The smallest absolute Gasteiger partial charge is 0.187 e. The van der Waals surface area contributed by atoms with Crippen LogP contribution in [0.2, 0.25) is 0 Å². The summed E-state index contributed by atoms with van der Waals surface area (Å²) in [5, 5.41) is 234. The molecular formula is C51H88O38. The van der Waals surface area contributed by atoms with Crippen LogP contribution in [0.3, 0.4) is 0 Å². The Morgan fingerprint density at radius 2 is 0.393 bits per heavy atom. The van der Waals surface area contributed by atoms with Crippen LogP contribution in [0.15, 0.2) is 0 Å². The molecule has 15 heterocycles. The Hall–Kier alpha value is -1.52. The van der Waals surface area contributed by atoms with Crippen LogP contribution in [0.1, 0.15) is 20.8 Å². The van der Waals surface area contributed by atoms with E-state index in [0.717, 1.165) is 0 Å². The standard InChI is InChI=1S/C51H88O38/c1-14(59)11-73-42-32(70)39-21(8-56)80-49(42)87-37-19(6-54)78-46(30(68)26(37)64)84-35-17(4-52)76-45(28(66)24(35)62)83-36-18(5-53)77-47(29(67)25(36)63)85-40-22(9-57)81-51(43(33(40)71)74-12-15(2)60)89-41-23(10-58)82-50(44(34(41)72)75-13-16(3)61)88-38-20(7-55)79-48(86-39)31(69)27(38)65/h14-72H,4-13H2,1-3H3/t14-,15-,16-,17+,18+,19+,20+,21+,22+,23+,24+,25+,26+,27-,28+,29+,30+,31+,32-,33-,34+,35+,36+,37+,38+,39+,40+,41+,42+,43+,44+,45+,46+,47+,48+,49+,50+,51+/m0/s1. The molecule has 38 heteroatoms. The zero-order chi connectivity index (χ0) is 65.0. The number of ether oxygens (including phenoxy) is 17. The minimum Gasteiger partial charge on any atom is -0.394 e. The maximum atomic E-state index is 12.2. The number of hydrogen-bond acceptors (Lipinski definition) is 38. The first kappa shape index (κ1) is 73.3. The number of aliphatic hydroxyl groups excluding tert-OH is 21. The molecular weight excluding hydrogens is 1220 g/mol. The van der Waals surface area contributed by atoms with Gasteiger partial charge in [-0.2, -0.15) is 0 Å². The lowest BCUT2D eigenvalue weighted by Crippen LogP contribution is -2.69. The topological polar surface area (TPSA) is 582 Å². The van der Waals surface area contributed by atoms with E-state index in [1.165, 1.54) is 20.8 Å². The predicted octanol–water partition coefficient (Wildman–Crippen LogP) is -14.0. The second-order valence-electron chi connectivity index (χ2n) is 23.1. The van der Waals surface area contributed by atoms with Gasteiger partial charge in [0.2, 0.25) is 0 Å². The molecule has 520 valence electrons. The molecule has 0 unspecified atom stereocenters. The van der Waals surface area contributed by atoms with Crippen molar-refractivity contribution in [1.29, 1.82) is 0 Å². The van der Waals surface area contributed by atoms with Crippen LogP contribution in [-0.4, -0.2) is 407 Å². The molecule has 0 radical (unpaired) electrons. The third kappa shape index (κ3) is 16.2. The molecule has 15 fully saturated rings. The zero-order valence-electron chi connectivity index (χ0n) is 48.3. The van der Waals surface area contributed by atoms with E-state index < -0.39 is 299 Å². The maximum absolute atomic E-state index is 12.2. The second-order valence-corrected chi connectivity index (χ2v) is 23.1. The average molecular weight is 1310 g/mol. The number of hydrogen-bond donors (Lipinski definition) is 21. The number of rotatable bonds is 16. The van der Waals surface area contributed by atoms with E-state index in [-0.39, 0.29) is 0 Å². The highest BCUT2D eigenvalue weighted by Gasteiger charge is 2.60. The number of fused-ring (bicyclic) bond motifs is 7. The Morgan fingerprint density at radius 1 is 0.236 bits per heavy atom. The van der Waals surface area contributed by atoms with E-state index in [2.05, 4.69) is 0 Å². The fourth-order valence-corrected chi connectivity index (χ4v) is 11.7. The molecule has 0 amide bonds. The van der Waals surface area contributed by atoms with Crippen molar-refractivity contribution in [2.45, 2.75) is 254 Å². The van der Waals surface area contributed by atoms with E-state index in [1.807, 2.05) is 0 Å². The summed E-state index contributed by atoms with van der Waals surface area (Å²) < 4.78 is 101. The number of aliphatic hydroxyl groups is 21. The van der Waals surface area contributed by atoms with E-state index >= 15 is 0 Å². The van der Waals surface area contributed by atoms with E-state index in [0.29, 0.717) is 0 Å². The maximum Gasteiger partial charge on any atom is 0.187 e. The molecule has 0 spiro atoms. The lowest BCUT2D eigenvalue weighted by Gasteiger charge is -2.51. The van der Waals surface area contributed by atoms with Gasteiger partial charge < -0.3 is 188 Å². The zero-order valence-corrected chi connectivity index (χ0v) is 48.3. The molecule has 89 heavy (non-hydrogen) atoms. The molecule has 38 nitrogen and oxygen atoms in total. The van der Waals surface area contributed by atoms with Crippen LogP contribution in [-0.2, 0) is 80.5 Å². The van der Waals surface area contributed by atoms with Crippen LogP contribution in [0, 0.1) is 0 Å². The molecule has 38 atom stereocenters. The lowest BCUT2D eigenvalue weighted by molar-refractivity contribution is -0.400. The van der Waals surface area contributed by atoms with Gasteiger partial charge in [-0.25, -0.2) is 0 Å². The SMILES string of the molecule is C[C@H](O)CO[C@H]1[C@H]2O[C@H]3[C@@H](O)[C@@H](OC[C@H](C)O)[C@@H](O[C@H]4[C@@H](O)[C@@H](O)[C@@H](O[C@H]5[C@H](O)[C@@H](OC[C@H](C)O)[C@@H](O[C@H]6[C@H](O)[C@@H](O)[C@@H](O[C@H]7[C@H](O)[C@@H](O)[C@@H](O[C@H]8[C@H](O)[C@@H](O)[C@@H](O[C@@H]([C@@H]1O)[C@@H](CO)O2)O[C@@H]8CO)O[C@@H]7CO)O[C@@H]6CO)O[C@@H]5CO)O[C@@H]4CO)O[C@@H]3CO. The van der Waals surface area contributed by atoms with Gasteiger partial charge in [0, 0.05) is 0 Å². The van der Waals surface area contributed by atoms with Crippen LogP contribution >= 0.6 is 0 Å². The largest absolute Gasteiger partial charge is 0.394 e. The van der Waals surface area contributed by atoms with Gasteiger partial charge in [-0.3, -0.25) is 0 Å². The van der Waals surface area contributed by atoms with Crippen molar-refractivity contribution in [2.24, 2.45) is 0 Å². The fourth-order valence-electron chi connectivity index (χ4n) is 11.7. The summed E-state index contributed by atoms with van der Waals surface area (Å²) in [6.45, 7) is -5.18. The van der Waals surface area contributed by atoms with Gasteiger partial charge in [0.1, 0.15) is 171 Å². The summed E-state index contributed by atoms with van der Waals surface area (Å²) in [5.41, 5.74) is 0. The van der Waals surface area contributed by atoms with Gasteiger partial charge >= 0.3 is 0 Å². The molecule has 15 aliphatic rings. The Kier molecular flexibility index (Phi) is 26.7. The Morgan fingerprint density at radius 3 is 0.562 bits per heavy atom. The van der Waals surface area contributed by atoms with E-state index in [9.17, 15) is 107 Å². The molecule has 21 N–H and O–H groups in total. The van der Waals surface area contributed by atoms with E-state index in [1.54, 1.807) is 0 Å². The Bertz CT molecular complexity index is 2090. The lowest BCUT2D eigenvalue weighted by atomic mass is 9.95. The molecule has 0 aromatic carbocycles. The molecule has 14 bridgehead atoms. The summed E-state index contributed by atoms with van der Waals surface area (Å²) >= 11 is 0. The third-order valence-electron chi connectivity index (χ3n) is 16.3. The third-order valence-corrected chi connectivity index (χ3v) is 16.3. The highest BCUT2D eigenvalue weighted by atomic mass is 16.8. The normalized spacial score (nSPS) is 50.6. The van der Waals surface area contributed by atoms with Gasteiger partial charge in [-0.1, -0.05) is 0 Å². The predicted molar refractivity (Wildman–Crippen MR) is 275 cm³/mol. The Labute approximate surface area is 507 Å². The van der Waals surface area contributed by atoms with Crippen molar-refractivity contribution in [3.05, 3.63) is 0 Å². The fraction of sp³-hybridized carbons (Fsp3) is 1.00. The average Bonchev–Trinajstić information content (AvgIpc) is 0.966. The first-order chi connectivity index (χ1) is 42.3. The second kappa shape index (κ2) is 32.5. The van der Waals surface area contributed by atoms with Crippen molar-refractivity contribution in [2.75, 3.05) is 66.1 Å². The van der Waals surface area contributed by atoms with Crippen LogP contribution in [0.4, 0.5) is 0 Å². The summed E-state index contributed by atoms with van der Waals surface area (Å²) in [5.74, 6) is 0. The van der Waals surface area contributed by atoms with E-state index in [4.69, 9.17) is 80.5 Å². The molecule has 15 saturated heterocycles. The molecule has 15 rings (SSSR count).